The summed E-state index contributed by atoms with van der Waals surface area (Å²) < 4.78 is 10.7. The number of amides is 1. The molecule has 0 aliphatic carbocycles. The zero-order valence-corrected chi connectivity index (χ0v) is 21.7. The van der Waals surface area contributed by atoms with Crippen LogP contribution < -0.4 is 14.8 Å². The number of ether oxygens (including phenoxy) is 2. The van der Waals surface area contributed by atoms with Crippen molar-refractivity contribution >= 4 is 11.6 Å². The van der Waals surface area contributed by atoms with E-state index in [0.29, 0.717) is 5.56 Å². The number of nitro groups is 1. The summed E-state index contributed by atoms with van der Waals surface area (Å²) in [5, 5.41) is 14.0. The van der Waals surface area contributed by atoms with Crippen molar-refractivity contribution in [2.75, 3.05) is 34.4 Å². The van der Waals surface area contributed by atoms with Crippen molar-refractivity contribution in [3.63, 3.8) is 0 Å². The lowest BCUT2D eigenvalue weighted by atomic mass is 10.00. The highest BCUT2D eigenvalue weighted by Gasteiger charge is 2.17. The van der Waals surface area contributed by atoms with E-state index in [1.807, 2.05) is 42.5 Å². The molecule has 0 heterocycles. The van der Waals surface area contributed by atoms with E-state index < -0.39 is 4.92 Å². The Bertz CT molecular complexity index is 1150. The second-order valence-corrected chi connectivity index (χ2v) is 8.98. The van der Waals surface area contributed by atoms with Gasteiger partial charge in [0, 0.05) is 24.2 Å². The van der Waals surface area contributed by atoms with Gasteiger partial charge in [0.25, 0.3) is 11.6 Å². The molecule has 0 aliphatic rings. The number of rotatable bonds is 14. The SMILES string of the molecule is COc1ccc(CCN(C)CCCCC(NC(=O)c2ccc([N+](=O)[O-])cc2)c2ccccc2)cc1OC. The number of likely N-dealkylation sites (N-methyl/N-ethyl adjacent to an activating group) is 1. The summed E-state index contributed by atoms with van der Waals surface area (Å²) in [5.41, 5.74) is 2.61. The molecular formula is C29H35N3O5. The third-order valence-corrected chi connectivity index (χ3v) is 6.36. The lowest BCUT2D eigenvalue weighted by Gasteiger charge is -2.21. The van der Waals surface area contributed by atoms with Crippen LogP contribution in [-0.4, -0.2) is 50.1 Å². The minimum absolute atomic E-state index is 0.0357. The molecule has 1 atom stereocenters. The molecule has 8 nitrogen and oxygen atoms in total. The van der Waals surface area contributed by atoms with Gasteiger partial charge in [0.15, 0.2) is 11.5 Å². The molecule has 0 aliphatic heterocycles. The second-order valence-electron chi connectivity index (χ2n) is 8.98. The van der Waals surface area contributed by atoms with E-state index in [4.69, 9.17) is 9.47 Å². The second kappa shape index (κ2) is 14.0. The lowest BCUT2D eigenvalue weighted by molar-refractivity contribution is -0.384. The van der Waals surface area contributed by atoms with Crippen molar-refractivity contribution in [1.29, 1.82) is 0 Å². The predicted octanol–water partition coefficient (Wildman–Crippen LogP) is 5.43. The average Bonchev–Trinajstić information content (AvgIpc) is 2.93. The Morgan fingerprint density at radius 2 is 1.65 bits per heavy atom. The summed E-state index contributed by atoms with van der Waals surface area (Å²) in [6, 6.07) is 21.4. The third kappa shape index (κ3) is 8.32. The van der Waals surface area contributed by atoms with Gasteiger partial charge in [-0.1, -0.05) is 36.4 Å². The van der Waals surface area contributed by atoms with Crippen molar-refractivity contribution in [2.45, 2.75) is 31.7 Å². The Kier molecular flexibility index (Phi) is 10.5. The highest BCUT2D eigenvalue weighted by atomic mass is 16.6. The Hall–Kier alpha value is -3.91. The number of carbonyl (C=O) groups is 1. The van der Waals surface area contributed by atoms with Crippen molar-refractivity contribution in [2.24, 2.45) is 0 Å². The monoisotopic (exact) mass is 505 g/mol. The van der Waals surface area contributed by atoms with E-state index in [9.17, 15) is 14.9 Å². The minimum atomic E-state index is -0.473. The quantitative estimate of drug-likeness (QED) is 0.178. The van der Waals surface area contributed by atoms with E-state index in [1.54, 1.807) is 14.2 Å². The fraction of sp³-hybridized carbons (Fsp3) is 0.345. The Balaban J connectivity index is 1.50. The normalized spacial score (nSPS) is 11.7. The molecule has 37 heavy (non-hydrogen) atoms. The molecule has 3 rings (SSSR count). The molecule has 3 aromatic carbocycles. The maximum atomic E-state index is 12.9. The molecule has 0 radical (unpaired) electrons. The first kappa shape index (κ1) is 27.7. The standard InChI is InChI=1S/C29H35N3O5/c1-31(20-18-22-12-17-27(36-2)28(21-22)37-3)19-8-7-11-26(23-9-5-4-6-10-23)30-29(33)24-13-15-25(16-14-24)32(34)35/h4-6,9-10,12-17,21,26H,7-8,11,18-20H2,1-3H3,(H,30,33). The highest BCUT2D eigenvalue weighted by molar-refractivity contribution is 5.94. The van der Waals surface area contributed by atoms with Crippen LogP contribution in [0, 0.1) is 10.1 Å². The first-order valence-electron chi connectivity index (χ1n) is 12.4. The molecule has 3 aromatic rings. The fourth-order valence-electron chi connectivity index (χ4n) is 4.18. The van der Waals surface area contributed by atoms with Gasteiger partial charge >= 0.3 is 0 Å². The summed E-state index contributed by atoms with van der Waals surface area (Å²) >= 11 is 0. The zero-order valence-electron chi connectivity index (χ0n) is 21.7. The van der Waals surface area contributed by atoms with Crippen LogP contribution in [0.3, 0.4) is 0 Å². The summed E-state index contributed by atoms with van der Waals surface area (Å²) in [5.74, 6) is 1.23. The van der Waals surface area contributed by atoms with Gasteiger partial charge in [-0.05, 0) is 74.7 Å². The summed E-state index contributed by atoms with van der Waals surface area (Å²) in [6.07, 6.45) is 3.65. The number of nitrogens with zero attached hydrogens (tertiary/aromatic N) is 2. The van der Waals surface area contributed by atoms with Gasteiger partial charge in [-0.2, -0.15) is 0 Å². The van der Waals surface area contributed by atoms with Crippen molar-refractivity contribution in [3.05, 3.63) is 99.6 Å². The minimum Gasteiger partial charge on any atom is -0.493 e. The highest BCUT2D eigenvalue weighted by Crippen LogP contribution is 2.27. The Morgan fingerprint density at radius 1 is 0.946 bits per heavy atom. The molecular weight excluding hydrogens is 470 g/mol. The van der Waals surface area contributed by atoms with Gasteiger partial charge in [0.2, 0.25) is 0 Å². The van der Waals surface area contributed by atoms with Crippen LogP contribution in [0.15, 0.2) is 72.8 Å². The van der Waals surface area contributed by atoms with Crippen molar-refractivity contribution in [3.8, 4) is 11.5 Å². The smallest absolute Gasteiger partial charge is 0.269 e. The topological polar surface area (TPSA) is 93.9 Å². The fourth-order valence-corrected chi connectivity index (χ4v) is 4.18. The zero-order chi connectivity index (χ0) is 26.6. The molecule has 1 N–H and O–H groups in total. The van der Waals surface area contributed by atoms with Crippen LogP contribution in [0.2, 0.25) is 0 Å². The number of benzene rings is 3. The largest absolute Gasteiger partial charge is 0.493 e. The number of carbonyl (C=O) groups excluding carboxylic acids is 1. The molecule has 196 valence electrons. The lowest BCUT2D eigenvalue weighted by Crippen LogP contribution is -2.29. The van der Waals surface area contributed by atoms with Gasteiger partial charge in [0.1, 0.15) is 0 Å². The summed E-state index contributed by atoms with van der Waals surface area (Å²) in [7, 11) is 5.39. The van der Waals surface area contributed by atoms with E-state index in [0.717, 1.165) is 55.8 Å². The molecule has 0 bridgehead atoms. The van der Waals surface area contributed by atoms with Gasteiger partial charge in [-0.25, -0.2) is 0 Å². The molecule has 8 heteroatoms. The third-order valence-electron chi connectivity index (χ3n) is 6.36. The number of nitro benzene ring substituents is 1. The summed E-state index contributed by atoms with van der Waals surface area (Å²) in [6.45, 7) is 1.87. The maximum Gasteiger partial charge on any atom is 0.269 e. The van der Waals surface area contributed by atoms with E-state index in [-0.39, 0.29) is 17.6 Å². The van der Waals surface area contributed by atoms with Gasteiger partial charge in [-0.15, -0.1) is 0 Å². The molecule has 1 unspecified atom stereocenters. The number of non-ortho nitro benzene ring substituents is 1. The van der Waals surface area contributed by atoms with Crippen LogP contribution in [-0.2, 0) is 6.42 Å². The van der Waals surface area contributed by atoms with Crippen LogP contribution in [0.25, 0.3) is 0 Å². The number of methoxy groups -OCH3 is 2. The molecule has 0 spiro atoms. The predicted molar refractivity (Wildman–Crippen MR) is 144 cm³/mol. The van der Waals surface area contributed by atoms with Gasteiger partial charge in [0.05, 0.1) is 25.2 Å². The van der Waals surface area contributed by atoms with Gasteiger partial charge < -0.3 is 19.7 Å². The number of hydrogen-bond donors (Lipinski definition) is 1. The van der Waals surface area contributed by atoms with Crippen LogP contribution in [0.1, 0.15) is 46.8 Å². The van der Waals surface area contributed by atoms with E-state index in [2.05, 4.69) is 23.3 Å². The van der Waals surface area contributed by atoms with E-state index >= 15 is 0 Å². The molecule has 0 fully saturated rings. The molecule has 0 saturated carbocycles. The van der Waals surface area contributed by atoms with Crippen molar-refractivity contribution < 1.29 is 19.2 Å². The van der Waals surface area contributed by atoms with Gasteiger partial charge in [-0.3, -0.25) is 14.9 Å². The van der Waals surface area contributed by atoms with E-state index in [1.165, 1.54) is 29.8 Å². The molecule has 1 amide bonds. The first-order chi connectivity index (χ1) is 17.9. The van der Waals surface area contributed by atoms with Crippen LogP contribution in [0.5, 0.6) is 11.5 Å². The molecule has 0 aromatic heterocycles. The number of nitrogens with one attached hydrogen (secondary N) is 1. The average molecular weight is 506 g/mol. The summed E-state index contributed by atoms with van der Waals surface area (Å²) in [4.78, 5) is 25.6. The molecule has 0 saturated heterocycles. The first-order valence-corrected chi connectivity index (χ1v) is 12.4. The Morgan fingerprint density at radius 3 is 2.30 bits per heavy atom. The van der Waals surface area contributed by atoms with Crippen LogP contribution >= 0.6 is 0 Å². The Labute approximate surface area is 218 Å². The van der Waals surface area contributed by atoms with Crippen molar-refractivity contribution in [1.82, 2.24) is 10.2 Å². The van der Waals surface area contributed by atoms with Crippen LogP contribution in [0.4, 0.5) is 5.69 Å². The number of unbranched alkanes of at least 4 members (excludes halogenated alkanes) is 1. The maximum absolute atomic E-state index is 12.9. The number of hydrogen-bond acceptors (Lipinski definition) is 6.